The predicted octanol–water partition coefficient (Wildman–Crippen LogP) is 1.94. The van der Waals surface area contributed by atoms with Gasteiger partial charge in [0.05, 0.1) is 13.2 Å². The van der Waals surface area contributed by atoms with E-state index in [1.165, 1.54) is 12.1 Å². The van der Waals surface area contributed by atoms with Gasteiger partial charge in [-0.2, -0.15) is 0 Å². The smallest absolute Gasteiger partial charge is 0.236 e. The molecule has 1 N–H and O–H groups in total. The average Bonchev–Trinajstić information content (AvgIpc) is 2.79. The zero-order chi connectivity index (χ0) is 16.5. The molecular formula is C17H28Cl2FN3O2. The maximum Gasteiger partial charge on any atom is 0.236 e. The monoisotopic (exact) mass is 395 g/mol. The van der Waals surface area contributed by atoms with Gasteiger partial charge in [0.1, 0.15) is 5.82 Å². The van der Waals surface area contributed by atoms with E-state index in [1.54, 1.807) is 7.11 Å². The molecule has 1 aliphatic heterocycles. The van der Waals surface area contributed by atoms with Crippen LogP contribution in [0.15, 0.2) is 24.3 Å². The van der Waals surface area contributed by atoms with Crippen molar-refractivity contribution in [1.82, 2.24) is 15.1 Å². The molecule has 1 aromatic carbocycles. The van der Waals surface area contributed by atoms with Gasteiger partial charge >= 0.3 is 0 Å². The molecule has 1 fully saturated rings. The summed E-state index contributed by atoms with van der Waals surface area (Å²) in [6.45, 7) is 5.80. The second kappa shape index (κ2) is 13.3. The van der Waals surface area contributed by atoms with Crippen LogP contribution in [0.4, 0.5) is 4.39 Å². The summed E-state index contributed by atoms with van der Waals surface area (Å²) in [6, 6.07) is 6.63. The number of carbonyl (C=O) groups is 1. The van der Waals surface area contributed by atoms with Crippen molar-refractivity contribution in [2.45, 2.75) is 13.0 Å². The molecule has 0 bridgehead atoms. The molecule has 1 aromatic rings. The van der Waals surface area contributed by atoms with Gasteiger partial charge in [0.15, 0.2) is 0 Å². The molecule has 144 valence electrons. The third kappa shape index (κ3) is 8.83. The van der Waals surface area contributed by atoms with E-state index in [0.717, 1.165) is 44.7 Å². The van der Waals surface area contributed by atoms with Crippen LogP contribution in [0.3, 0.4) is 0 Å². The molecule has 0 radical (unpaired) electrons. The second-order valence-electron chi connectivity index (χ2n) is 5.81. The molecule has 1 aliphatic rings. The van der Waals surface area contributed by atoms with Crippen LogP contribution in [0.25, 0.3) is 0 Å². The minimum absolute atomic E-state index is 0. The normalized spacial score (nSPS) is 15.0. The average molecular weight is 396 g/mol. The number of methoxy groups -OCH3 is 1. The van der Waals surface area contributed by atoms with Gasteiger partial charge in [-0.05, 0) is 24.1 Å². The van der Waals surface area contributed by atoms with Crippen LogP contribution < -0.4 is 5.32 Å². The molecule has 25 heavy (non-hydrogen) atoms. The number of amides is 1. The van der Waals surface area contributed by atoms with Gasteiger partial charge in [0.25, 0.3) is 0 Å². The van der Waals surface area contributed by atoms with Gasteiger partial charge in [0.2, 0.25) is 5.91 Å². The Balaban J connectivity index is 0.00000288. The first kappa shape index (κ1) is 24.1. The maximum atomic E-state index is 12.9. The minimum Gasteiger partial charge on any atom is -0.383 e. The van der Waals surface area contributed by atoms with Gasteiger partial charge in [-0.3, -0.25) is 9.69 Å². The minimum atomic E-state index is -0.206. The lowest BCUT2D eigenvalue weighted by Crippen LogP contribution is -2.41. The van der Waals surface area contributed by atoms with Crippen molar-refractivity contribution in [1.29, 1.82) is 0 Å². The summed E-state index contributed by atoms with van der Waals surface area (Å²) in [4.78, 5) is 16.4. The summed E-state index contributed by atoms with van der Waals surface area (Å²) < 4.78 is 17.9. The first-order valence-corrected chi connectivity index (χ1v) is 8.13. The summed E-state index contributed by atoms with van der Waals surface area (Å²) in [6.07, 6.45) is 0.963. The van der Waals surface area contributed by atoms with Crippen LogP contribution in [0.2, 0.25) is 0 Å². The first-order valence-electron chi connectivity index (χ1n) is 8.13. The van der Waals surface area contributed by atoms with Crippen molar-refractivity contribution >= 4 is 30.7 Å². The Morgan fingerprint density at radius 3 is 2.56 bits per heavy atom. The van der Waals surface area contributed by atoms with E-state index < -0.39 is 0 Å². The Labute approximate surface area is 161 Å². The Bertz CT molecular complexity index is 491. The molecule has 8 heteroatoms. The number of rotatable bonds is 7. The number of halogens is 3. The topological polar surface area (TPSA) is 44.8 Å². The highest BCUT2D eigenvalue weighted by Gasteiger charge is 2.18. The Morgan fingerprint density at radius 2 is 1.88 bits per heavy atom. The fourth-order valence-corrected chi connectivity index (χ4v) is 2.71. The van der Waals surface area contributed by atoms with Crippen molar-refractivity contribution in [2.75, 3.05) is 53.0 Å². The lowest BCUT2D eigenvalue weighted by Gasteiger charge is -2.22. The quantitative estimate of drug-likeness (QED) is 0.716. The van der Waals surface area contributed by atoms with Crippen LogP contribution in [-0.4, -0.2) is 68.7 Å². The van der Waals surface area contributed by atoms with E-state index in [4.69, 9.17) is 4.74 Å². The molecule has 5 nitrogen and oxygen atoms in total. The molecular weight excluding hydrogens is 368 g/mol. The fourth-order valence-electron chi connectivity index (χ4n) is 2.71. The lowest BCUT2D eigenvalue weighted by atomic mass is 10.2. The van der Waals surface area contributed by atoms with E-state index in [9.17, 15) is 9.18 Å². The molecule has 1 saturated heterocycles. The number of hydrogen-bond acceptors (Lipinski definition) is 4. The summed E-state index contributed by atoms with van der Waals surface area (Å²) in [7, 11) is 1.65. The third-order valence-electron chi connectivity index (χ3n) is 4.02. The summed E-state index contributed by atoms with van der Waals surface area (Å²) in [5.41, 5.74) is 1.10. The molecule has 2 rings (SSSR count). The maximum absolute atomic E-state index is 12.9. The molecule has 1 heterocycles. The predicted molar refractivity (Wildman–Crippen MR) is 102 cm³/mol. The number of nitrogens with one attached hydrogen (secondary N) is 1. The van der Waals surface area contributed by atoms with Gasteiger partial charge in [0, 0.05) is 46.4 Å². The Hall–Kier alpha value is -0.920. The number of ether oxygens (including phenoxy) is 1. The van der Waals surface area contributed by atoms with Gasteiger partial charge in [-0.25, -0.2) is 4.39 Å². The van der Waals surface area contributed by atoms with Crippen LogP contribution in [0.5, 0.6) is 0 Å². The van der Waals surface area contributed by atoms with E-state index in [0.29, 0.717) is 19.7 Å². The van der Waals surface area contributed by atoms with E-state index in [1.807, 2.05) is 17.0 Å². The van der Waals surface area contributed by atoms with Crippen molar-refractivity contribution in [2.24, 2.45) is 0 Å². The standard InChI is InChI=1S/C17H26FN3O2.2ClH/c1-23-12-7-19-13-17(22)21-9-2-8-20(10-11-21)14-15-3-5-16(18)6-4-15;;/h3-6,19H,2,7-14H2,1H3;2*1H. The van der Waals surface area contributed by atoms with Crippen LogP contribution in [0.1, 0.15) is 12.0 Å². The SMILES string of the molecule is COCCNCC(=O)N1CCCN(Cc2ccc(F)cc2)CC1.Cl.Cl. The zero-order valence-corrected chi connectivity index (χ0v) is 16.2. The second-order valence-corrected chi connectivity index (χ2v) is 5.81. The molecule has 0 aliphatic carbocycles. The number of hydrogen-bond donors (Lipinski definition) is 1. The van der Waals surface area contributed by atoms with Crippen molar-refractivity contribution in [3.63, 3.8) is 0 Å². The number of carbonyl (C=O) groups excluding carboxylic acids is 1. The van der Waals surface area contributed by atoms with Gasteiger partial charge in [-0.15, -0.1) is 24.8 Å². The summed E-state index contributed by atoms with van der Waals surface area (Å²) in [5, 5.41) is 3.09. The number of nitrogens with zero attached hydrogens (tertiary/aromatic N) is 2. The van der Waals surface area contributed by atoms with Crippen molar-refractivity contribution < 1.29 is 13.9 Å². The van der Waals surface area contributed by atoms with E-state index >= 15 is 0 Å². The largest absolute Gasteiger partial charge is 0.383 e. The van der Waals surface area contributed by atoms with Crippen molar-refractivity contribution in [3.8, 4) is 0 Å². The van der Waals surface area contributed by atoms with Crippen LogP contribution in [0, 0.1) is 5.82 Å². The Morgan fingerprint density at radius 1 is 1.16 bits per heavy atom. The molecule has 0 spiro atoms. The van der Waals surface area contributed by atoms with Gasteiger partial charge < -0.3 is 15.0 Å². The summed E-state index contributed by atoms with van der Waals surface area (Å²) >= 11 is 0. The highest BCUT2D eigenvalue weighted by Crippen LogP contribution is 2.10. The molecule has 0 aromatic heterocycles. The molecule has 0 atom stereocenters. The van der Waals surface area contributed by atoms with Crippen LogP contribution in [-0.2, 0) is 16.1 Å². The van der Waals surface area contributed by atoms with Crippen LogP contribution >= 0.6 is 24.8 Å². The number of benzene rings is 1. The first-order chi connectivity index (χ1) is 11.2. The van der Waals surface area contributed by atoms with E-state index in [2.05, 4.69) is 10.2 Å². The van der Waals surface area contributed by atoms with E-state index in [-0.39, 0.29) is 36.5 Å². The summed E-state index contributed by atoms with van der Waals surface area (Å²) in [5.74, 6) is -0.0629. The zero-order valence-electron chi connectivity index (χ0n) is 14.6. The lowest BCUT2D eigenvalue weighted by molar-refractivity contribution is -0.130. The highest BCUT2D eigenvalue weighted by atomic mass is 35.5. The van der Waals surface area contributed by atoms with Crippen molar-refractivity contribution in [3.05, 3.63) is 35.6 Å². The molecule has 0 saturated carbocycles. The fraction of sp³-hybridized carbons (Fsp3) is 0.588. The Kier molecular flexibility index (Phi) is 12.8. The molecule has 0 unspecified atom stereocenters. The molecule has 1 amide bonds. The van der Waals surface area contributed by atoms with Gasteiger partial charge in [-0.1, -0.05) is 12.1 Å². The third-order valence-corrected chi connectivity index (χ3v) is 4.02. The highest BCUT2D eigenvalue weighted by molar-refractivity contribution is 5.85.